The smallest absolute Gasteiger partial charge is 0.150 e. The van der Waals surface area contributed by atoms with Crippen molar-refractivity contribution in [3.63, 3.8) is 0 Å². The van der Waals surface area contributed by atoms with Crippen LogP contribution in [0.25, 0.3) is 0 Å². The average molecular weight is 266 g/mol. The zero-order valence-corrected chi connectivity index (χ0v) is 10.6. The van der Waals surface area contributed by atoms with E-state index in [0.717, 1.165) is 30.7 Å². The lowest BCUT2D eigenvalue weighted by Gasteiger charge is -2.09. The lowest BCUT2D eigenvalue weighted by Crippen LogP contribution is -2.04. The molecule has 0 saturated heterocycles. The van der Waals surface area contributed by atoms with Gasteiger partial charge in [0.25, 0.3) is 0 Å². The standard InChI is InChI=1S/C11H14ClF2NS/c1-16-5-3-2-4-15-11-9(12)6-8(13)7-10(11)14/h6-7,15H,2-5H2,1H3. The first kappa shape index (κ1) is 13.6. The van der Waals surface area contributed by atoms with Gasteiger partial charge in [-0.25, -0.2) is 8.78 Å². The highest BCUT2D eigenvalue weighted by molar-refractivity contribution is 7.98. The summed E-state index contributed by atoms with van der Waals surface area (Å²) < 4.78 is 26.0. The van der Waals surface area contributed by atoms with Crippen molar-refractivity contribution in [3.05, 3.63) is 28.8 Å². The lowest BCUT2D eigenvalue weighted by atomic mass is 10.2. The van der Waals surface area contributed by atoms with Crippen LogP contribution in [0.15, 0.2) is 12.1 Å². The highest BCUT2D eigenvalue weighted by Crippen LogP contribution is 2.26. The van der Waals surface area contributed by atoms with Gasteiger partial charge >= 0.3 is 0 Å². The van der Waals surface area contributed by atoms with E-state index < -0.39 is 11.6 Å². The first-order valence-electron chi connectivity index (χ1n) is 5.02. The molecule has 0 aromatic heterocycles. The number of unbranched alkanes of at least 4 members (excludes halogenated alkanes) is 1. The van der Waals surface area contributed by atoms with Crippen molar-refractivity contribution in [3.8, 4) is 0 Å². The van der Waals surface area contributed by atoms with Gasteiger partial charge in [0.15, 0.2) is 5.82 Å². The Balaban J connectivity index is 2.47. The maximum atomic E-state index is 13.3. The van der Waals surface area contributed by atoms with Crippen molar-refractivity contribution in [2.45, 2.75) is 12.8 Å². The summed E-state index contributed by atoms with van der Waals surface area (Å²) in [5.74, 6) is -0.216. The second kappa shape index (κ2) is 6.97. The van der Waals surface area contributed by atoms with Crippen LogP contribution in [0, 0.1) is 11.6 Å². The highest BCUT2D eigenvalue weighted by Gasteiger charge is 2.08. The second-order valence-electron chi connectivity index (χ2n) is 3.37. The van der Waals surface area contributed by atoms with Gasteiger partial charge in [-0.05, 0) is 30.9 Å². The Kier molecular flexibility index (Phi) is 5.91. The van der Waals surface area contributed by atoms with Gasteiger partial charge in [0.1, 0.15) is 5.82 Å². The van der Waals surface area contributed by atoms with Crippen LogP contribution in [-0.4, -0.2) is 18.6 Å². The summed E-state index contributed by atoms with van der Waals surface area (Å²) in [5.41, 5.74) is 0.187. The minimum atomic E-state index is -0.657. The molecule has 1 aromatic rings. The van der Waals surface area contributed by atoms with Gasteiger partial charge in [-0.2, -0.15) is 11.8 Å². The topological polar surface area (TPSA) is 12.0 Å². The normalized spacial score (nSPS) is 10.5. The van der Waals surface area contributed by atoms with Gasteiger partial charge in [0.05, 0.1) is 10.7 Å². The molecule has 1 nitrogen and oxygen atoms in total. The molecule has 90 valence electrons. The third-order valence-electron chi connectivity index (χ3n) is 2.08. The summed E-state index contributed by atoms with van der Waals surface area (Å²) in [4.78, 5) is 0. The highest BCUT2D eigenvalue weighted by atomic mass is 35.5. The molecular formula is C11H14ClF2NS. The predicted octanol–water partition coefficient (Wildman–Crippen LogP) is 4.17. The Morgan fingerprint density at radius 3 is 2.69 bits per heavy atom. The third kappa shape index (κ3) is 4.18. The first-order chi connectivity index (χ1) is 7.65. The Morgan fingerprint density at radius 1 is 1.31 bits per heavy atom. The van der Waals surface area contributed by atoms with E-state index in [9.17, 15) is 8.78 Å². The molecule has 0 aliphatic heterocycles. The minimum Gasteiger partial charge on any atom is -0.381 e. The van der Waals surface area contributed by atoms with Crippen molar-refractivity contribution in [2.75, 3.05) is 23.9 Å². The maximum absolute atomic E-state index is 13.3. The molecule has 0 spiro atoms. The number of nitrogens with one attached hydrogen (secondary N) is 1. The van der Waals surface area contributed by atoms with Crippen molar-refractivity contribution < 1.29 is 8.78 Å². The molecule has 0 unspecified atom stereocenters. The molecular weight excluding hydrogens is 252 g/mol. The zero-order chi connectivity index (χ0) is 12.0. The number of halogens is 3. The number of anilines is 1. The molecule has 1 N–H and O–H groups in total. The molecule has 5 heteroatoms. The van der Waals surface area contributed by atoms with Crippen LogP contribution in [0.3, 0.4) is 0 Å². The number of rotatable bonds is 6. The third-order valence-corrected chi connectivity index (χ3v) is 3.08. The number of benzene rings is 1. The quantitative estimate of drug-likeness (QED) is 0.775. The Labute approximate surface area is 104 Å². The fourth-order valence-electron chi connectivity index (χ4n) is 1.30. The molecule has 0 radical (unpaired) electrons. The summed E-state index contributed by atoms with van der Waals surface area (Å²) in [5, 5.41) is 2.97. The van der Waals surface area contributed by atoms with Gasteiger partial charge < -0.3 is 5.32 Å². The van der Waals surface area contributed by atoms with Crippen LogP contribution in [0.5, 0.6) is 0 Å². The van der Waals surface area contributed by atoms with Gasteiger partial charge in [0.2, 0.25) is 0 Å². The molecule has 0 amide bonds. The molecule has 0 aliphatic rings. The van der Waals surface area contributed by atoms with Crippen LogP contribution < -0.4 is 5.32 Å². The van der Waals surface area contributed by atoms with Crippen LogP contribution >= 0.6 is 23.4 Å². The van der Waals surface area contributed by atoms with E-state index in [1.807, 2.05) is 6.26 Å². The number of hydrogen-bond donors (Lipinski definition) is 1. The summed E-state index contributed by atoms with van der Waals surface area (Å²) in [6.45, 7) is 0.642. The largest absolute Gasteiger partial charge is 0.381 e. The van der Waals surface area contributed by atoms with E-state index in [0.29, 0.717) is 6.54 Å². The van der Waals surface area contributed by atoms with E-state index in [1.54, 1.807) is 11.8 Å². The number of hydrogen-bond acceptors (Lipinski definition) is 2. The molecule has 0 heterocycles. The van der Waals surface area contributed by atoms with Crippen molar-refractivity contribution in [2.24, 2.45) is 0 Å². The van der Waals surface area contributed by atoms with Gasteiger partial charge in [-0.15, -0.1) is 0 Å². The van der Waals surface area contributed by atoms with Gasteiger partial charge in [-0.3, -0.25) is 0 Å². The van der Waals surface area contributed by atoms with Crippen LogP contribution in [0.4, 0.5) is 14.5 Å². The summed E-state index contributed by atoms with van der Waals surface area (Å²) in [6, 6.07) is 1.94. The Hall–Kier alpha value is -0.480. The van der Waals surface area contributed by atoms with Crippen molar-refractivity contribution in [1.82, 2.24) is 0 Å². The fourth-order valence-corrected chi connectivity index (χ4v) is 2.05. The Morgan fingerprint density at radius 2 is 2.06 bits per heavy atom. The van der Waals surface area contributed by atoms with Gasteiger partial charge in [0, 0.05) is 12.6 Å². The molecule has 0 aliphatic carbocycles. The van der Waals surface area contributed by atoms with E-state index in [1.165, 1.54) is 0 Å². The fraction of sp³-hybridized carbons (Fsp3) is 0.455. The van der Waals surface area contributed by atoms with Crippen molar-refractivity contribution in [1.29, 1.82) is 0 Å². The molecule has 1 aromatic carbocycles. The zero-order valence-electron chi connectivity index (χ0n) is 9.03. The summed E-state index contributed by atoms with van der Waals surface area (Å²) in [7, 11) is 0. The molecule has 0 saturated carbocycles. The molecule has 1 rings (SSSR count). The van der Waals surface area contributed by atoms with E-state index in [-0.39, 0.29) is 10.7 Å². The monoisotopic (exact) mass is 265 g/mol. The van der Waals surface area contributed by atoms with Crippen molar-refractivity contribution >= 4 is 29.1 Å². The lowest BCUT2D eigenvalue weighted by molar-refractivity contribution is 0.585. The Bertz CT molecular complexity index is 324. The molecule has 0 bridgehead atoms. The van der Waals surface area contributed by atoms with E-state index >= 15 is 0 Å². The number of thioether (sulfide) groups is 1. The van der Waals surface area contributed by atoms with Gasteiger partial charge in [-0.1, -0.05) is 11.6 Å². The molecule has 16 heavy (non-hydrogen) atoms. The maximum Gasteiger partial charge on any atom is 0.150 e. The molecule has 0 atom stereocenters. The minimum absolute atomic E-state index is 0.0855. The first-order valence-corrected chi connectivity index (χ1v) is 6.79. The van der Waals surface area contributed by atoms with Crippen LogP contribution in [0.1, 0.15) is 12.8 Å². The van der Waals surface area contributed by atoms with Crippen LogP contribution in [-0.2, 0) is 0 Å². The predicted molar refractivity (Wildman–Crippen MR) is 67.5 cm³/mol. The van der Waals surface area contributed by atoms with E-state index in [2.05, 4.69) is 5.32 Å². The van der Waals surface area contributed by atoms with E-state index in [4.69, 9.17) is 11.6 Å². The average Bonchev–Trinajstić information content (AvgIpc) is 2.20. The summed E-state index contributed by atoms with van der Waals surface area (Å²) in [6.07, 6.45) is 4.05. The second-order valence-corrected chi connectivity index (χ2v) is 4.76. The molecule has 0 fully saturated rings. The van der Waals surface area contributed by atoms with Crippen LogP contribution in [0.2, 0.25) is 5.02 Å². The SMILES string of the molecule is CSCCCCNc1c(F)cc(F)cc1Cl. The summed E-state index contributed by atoms with van der Waals surface area (Å²) >= 11 is 7.51.